The third-order valence-corrected chi connectivity index (χ3v) is 2.89. The topological polar surface area (TPSA) is 92.1 Å². The van der Waals surface area contributed by atoms with Crippen LogP contribution in [0.15, 0.2) is 4.42 Å². The van der Waals surface area contributed by atoms with Gasteiger partial charge in [0.2, 0.25) is 11.8 Å². The fourth-order valence-electron chi connectivity index (χ4n) is 1.88. The van der Waals surface area contributed by atoms with E-state index < -0.39 is 0 Å². The van der Waals surface area contributed by atoms with Crippen molar-refractivity contribution in [2.45, 2.75) is 39.3 Å². The number of hydrogen-bond acceptors (Lipinski definition) is 6. The molecule has 1 saturated heterocycles. The van der Waals surface area contributed by atoms with E-state index in [1.807, 2.05) is 0 Å². The van der Waals surface area contributed by atoms with Gasteiger partial charge in [0.1, 0.15) is 0 Å². The summed E-state index contributed by atoms with van der Waals surface area (Å²) in [6, 6.07) is 0.581. The normalized spacial score (nSPS) is 19.5. The van der Waals surface area contributed by atoms with Gasteiger partial charge in [-0.15, -0.1) is 5.10 Å². The van der Waals surface area contributed by atoms with Crippen molar-refractivity contribution >= 4 is 11.9 Å². The largest absolute Gasteiger partial charge is 0.407 e. The van der Waals surface area contributed by atoms with Gasteiger partial charge in [-0.05, 0) is 18.9 Å². The minimum atomic E-state index is 0.0992. The van der Waals surface area contributed by atoms with Crippen molar-refractivity contribution in [1.29, 1.82) is 0 Å². The van der Waals surface area contributed by atoms with Gasteiger partial charge in [0, 0.05) is 19.0 Å². The van der Waals surface area contributed by atoms with Gasteiger partial charge in [-0.1, -0.05) is 18.9 Å². The number of carbonyl (C=O) groups is 1. The van der Waals surface area contributed by atoms with Crippen LogP contribution in [-0.4, -0.2) is 35.2 Å². The molecule has 1 aliphatic heterocycles. The Morgan fingerprint density at radius 1 is 1.47 bits per heavy atom. The molecule has 1 aromatic rings. The molecule has 0 saturated carbocycles. The molecule has 2 rings (SSSR count). The number of rotatable bonds is 6. The molecule has 7 heteroatoms. The van der Waals surface area contributed by atoms with Crippen molar-refractivity contribution in [2.75, 3.05) is 18.4 Å². The summed E-state index contributed by atoms with van der Waals surface area (Å²) in [5.74, 6) is 1.26. The minimum Gasteiger partial charge on any atom is -0.407 e. The van der Waals surface area contributed by atoms with E-state index in [1.54, 1.807) is 0 Å². The molecule has 19 heavy (non-hydrogen) atoms. The second kappa shape index (κ2) is 6.51. The third-order valence-electron chi connectivity index (χ3n) is 2.89. The highest BCUT2D eigenvalue weighted by atomic mass is 16.4. The monoisotopic (exact) mass is 267 g/mol. The maximum atomic E-state index is 11.0. The van der Waals surface area contributed by atoms with Gasteiger partial charge in [0.05, 0.1) is 6.54 Å². The fourth-order valence-corrected chi connectivity index (χ4v) is 1.88. The summed E-state index contributed by atoms with van der Waals surface area (Å²) < 4.78 is 5.49. The van der Waals surface area contributed by atoms with Crippen molar-refractivity contribution in [3.63, 3.8) is 0 Å². The molecule has 0 bridgehead atoms. The summed E-state index contributed by atoms with van der Waals surface area (Å²) in [7, 11) is 0. The van der Waals surface area contributed by atoms with Gasteiger partial charge in [0.15, 0.2) is 0 Å². The van der Waals surface area contributed by atoms with Gasteiger partial charge >= 0.3 is 6.01 Å². The van der Waals surface area contributed by atoms with Crippen molar-refractivity contribution in [1.82, 2.24) is 20.8 Å². The highest BCUT2D eigenvalue weighted by molar-refractivity contribution is 5.76. The lowest BCUT2D eigenvalue weighted by Gasteiger charge is -2.22. The summed E-state index contributed by atoms with van der Waals surface area (Å²) in [6.45, 7) is 6.38. The van der Waals surface area contributed by atoms with Crippen molar-refractivity contribution in [2.24, 2.45) is 5.92 Å². The van der Waals surface area contributed by atoms with Crippen LogP contribution >= 0.6 is 0 Å². The maximum Gasteiger partial charge on any atom is 0.315 e. The Bertz CT molecular complexity index is 408. The SMILES string of the molecule is CC(C)CNCc1nnc(NC2CCC(=O)NC2)o1. The smallest absolute Gasteiger partial charge is 0.315 e. The van der Waals surface area contributed by atoms with Crippen LogP contribution in [0.25, 0.3) is 0 Å². The molecule has 1 unspecified atom stereocenters. The first-order valence-corrected chi connectivity index (χ1v) is 6.70. The summed E-state index contributed by atoms with van der Waals surface area (Å²) in [4.78, 5) is 11.0. The van der Waals surface area contributed by atoms with Gasteiger partial charge in [-0.3, -0.25) is 4.79 Å². The molecule has 1 aromatic heterocycles. The lowest BCUT2D eigenvalue weighted by Crippen LogP contribution is -2.41. The number of aromatic nitrogens is 2. The number of amides is 1. The predicted octanol–water partition coefficient (Wildman–Crippen LogP) is 0.506. The number of piperidine rings is 1. The van der Waals surface area contributed by atoms with Crippen molar-refractivity contribution < 1.29 is 9.21 Å². The van der Waals surface area contributed by atoms with E-state index in [1.165, 1.54) is 0 Å². The summed E-state index contributed by atoms with van der Waals surface area (Å²) in [5.41, 5.74) is 0. The number of nitrogens with zero attached hydrogens (tertiary/aromatic N) is 2. The lowest BCUT2D eigenvalue weighted by atomic mass is 10.1. The Morgan fingerprint density at radius 2 is 2.32 bits per heavy atom. The molecule has 1 amide bonds. The molecular formula is C12H21N5O2. The highest BCUT2D eigenvalue weighted by Crippen LogP contribution is 2.11. The van der Waals surface area contributed by atoms with Crippen LogP contribution in [0.3, 0.4) is 0 Å². The average molecular weight is 267 g/mol. The van der Waals surface area contributed by atoms with Crippen LogP contribution in [0.2, 0.25) is 0 Å². The van der Waals surface area contributed by atoms with Gasteiger partial charge in [0.25, 0.3) is 0 Å². The first kappa shape index (κ1) is 13.8. The van der Waals surface area contributed by atoms with E-state index in [0.717, 1.165) is 13.0 Å². The first-order chi connectivity index (χ1) is 9.13. The summed E-state index contributed by atoms with van der Waals surface area (Å²) in [6.07, 6.45) is 1.32. The number of nitrogens with one attached hydrogen (secondary N) is 3. The molecule has 7 nitrogen and oxygen atoms in total. The molecule has 1 fully saturated rings. The third kappa shape index (κ3) is 4.51. The fraction of sp³-hybridized carbons (Fsp3) is 0.750. The van der Waals surface area contributed by atoms with Crippen LogP contribution < -0.4 is 16.0 Å². The molecule has 2 heterocycles. The Balaban J connectivity index is 1.75. The van der Waals surface area contributed by atoms with Crippen molar-refractivity contribution in [3.05, 3.63) is 5.89 Å². The van der Waals surface area contributed by atoms with E-state index in [4.69, 9.17) is 4.42 Å². The Kier molecular flexibility index (Phi) is 4.73. The predicted molar refractivity (Wildman–Crippen MR) is 70.5 cm³/mol. The zero-order chi connectivity index (χ0) is 13.7. The summed E-state index contributed by atoms with van der Waals surface area (Å²) >= 11 is 0. The van der Waals surface area contributed by atoms with Crippen LogP contribution in [-0.2, 0) is 11.3 Å². The second-order valence-corrected chi connectivity index (χ2v) is 5.21. The van der Waals surface area contributed by atoms with Gasteiger partial charge in [-0.2, -0.15) is 0 Å². The second-order valence-electron chi connectivity index (χ2n) is 5.21. The van der Waals surface area contributed by atoms with E-state index in [2.05, 4.69) is 40.0 Å². The van der Waals surface area contributed by atoms with Gasteiger partial charge < -0.3 is 20.4 Å². The molecule has 1 aliphatic rings. The van der Waals surface area contributed by atoms with Crippen LogP contribution in [0, 0.1) is 5.92 Å². The molecule has 1 atom stereocenters. The molecule has 0 radical (unpaired) electrons. The van der Waals surface area contributed by atoms with E-state index in [-0.39, 0.29) is 11.9 Å². The molecular weight excluding hydrogens is 246 g/mol. The lowest BCUT2D eigenvalue weighted by molar-refractivity contribution is -0.122. The number of hydrogen-bond donors (Lipinski definition) is 3. The Morgan fingerprint density at radius 3 is 3.00 bits per heavy atom. The zero-order valence-corrected chi connectivity index (χ0v) is 11.4. The highest BCUT2D eigenvalue weighted by Gasteiger charge is 2.19. The molecule has 0 aromatic carbocycles. The van der Waals surface area contributed by atoms with E-state index in [0.29, 0.717) is 37.3 Å². The molecule has 3 N–H and O–H groups in total. The standard InChI is InChI=1S/C12H21N5O2/c1-8(2)5-13-7-11-16-17-12(19-11)15-9-3-4-10(18)14-6-9/h8-9,13H,3-7H2,1-2H3,(H,14,18)(H,15,17). The molecule has 106 valence electrons. The Hall–Kier alpha value is -1.63. The number of carbonyl (C=O) groups excluding carboxylic acids is 1. The van der Waals surface area contributed by atoms with Crippen LogP contribution in [0.5, 0.6) is 0 Å². The minimum absolute atomic E-state index is 0.0992. The quantitative estimate of drug-likeness (QED) is 0.695. The zero-order valence-electron chi connectivity index (χ0n) is 11.4. The van der Waals surface area contributed by atoms with Crippen molar-refractivity contribution in [3.8, 4) is 0 Å². The Labute approximate surface area is 112 Å². The first-order valence-electron chi connectivity index (χ1n) is 6.70. The molecule has 0 aliphatic carbocycles. The van der Waals surface area contributed by atoms with Crippen LogP contribution in [0.1, 0.15) is 32.6 Å². The number of anilines is 1. The maximum absolute atomic E-state index is 11.0. The van der Waals surface area contributed by atoms with Crippen LogP contribution in [0.4, 0.5) is 6.01 Å². The average Bonchev–Trinajstić information content (AvgIpc) is 2.79. The van der Waals surface area contributed by atoms with Gasteiger partial charge in [-0.25, -0.2) is 0 Å². The van der Waals surface area contributed by atoms with E-state index in [9.17, 15) is 4.79 Å². The van der Waals surface area contributed by atoms with E-state index >= 15 is 0 Å². The summed E-state index contributed by atoms with van der Waals surface area (Å²) in [5, 5.41) is 17.1. The molecule has 0 spiro atoms.